The Bertz CT molecular complexity index is 380. The molecule has 0 spiro atoms. The zero-order valence-electron chi connectivity index (χ0n) is 12.2. The number of hydrogen-bond acceptors (Lipinski definition) is 3. The van der Waals surface area contributed by atoms with Gasteiger partial charge in [-0.2, -0.15) is 0 Å². The Labute approximate surface area is 118 Å². The van der Waals surface area contributed by atoms with Gasteiger partial charge in [0.15, 0.2) is 0 Å². The van der Waals surface area contributed by atoms with Crippen LogP contribution in [0.4, 0.5) is 0 Å². The van der Waals surface area contributed by atoms with Crippen molar-refractivity contribution in [3.63, 3.8) is 0 Å². The van der Waals surface area contributed by atoms with E-state index in [0.29, 0.717) is 17.8 Å². The van der Waals surface area contributed by atoms with Crippen LogP contribution in [0.1, 0.15) is 57.8 Å². The molecule has 0 aromatic rings. The van der Waals surface area contributed by atoms with Gasteiger partial charge in [-0.15, -0.1) is 0 Å². The van der Waals surface area contributed by atoms with E-state index in [1.54, 1.807) is 0 Å². The molecule has 0 aromatic carbocycles. The van der Waals surface area contributed by atoms with Crippen molar-refractivity contribution in [1.29, 1.82) is 0 Å². The van der Waals surface area contributed by atoms with E-state index in [4.69, 9.17) is 5.73 Å². The predicted molar refractivity (Wildman–Crippen MR) is 79.7 cm³/mol. The topological polar surface area (TPSA) is 60.2 Å². The largest absolute Gasteiger partial charge is 0.330 e. The van der Waals surface area contributed by atoms with E-state index in [1.165, 1.54) is 44.8 Å². The maximum Gasteiger partial charge on any atom is 0.150 e. The van der Waals surface area contributed by atoms with E-state index in [9.17, 15) is 8.42 Å². The van der Waals surface area contributed by atoms with Crippen LogP contribution in [-0.4, -0.2) is 26.5 Å². The van der Waals surface area contributed by atoms with E-state index < -0.39 is 9.84 Å². The standard InChI is InChI=1S/C15H29NO2S/c1-19(17,18)14-8-5-7-12(10-14)15-9-4-2-3-6-13(15)11-16/h12-15H,2-11,16H2,1H3. The van der Waals surface area contributed by atoms with Crippen LogP contribution in [-0.2, 0) is 9.84 Å². The fourth-order valence-electron chi connectivity index (χ4n) is 4.29. The molecule has 2 saturated carbocycles. The van der Waals surface area contributed by atoms with Gasteiger partial charge in [-0.25, -0.2) is 8.42 Å². The van der Waals surface area contributed by atoms with Gasteiger partial charge in [-0.05, 0) is 50.0 Å². The molecule has 4 heteroatoms. The third-order valence-electron chi connectivity index (χ3n) is 5.40. The van der Waals surface area contributed by atoms with Crippen LogP contribution in [0.5, 0.6) is 0 Å². The first kappa shape index (κ1) is 15.3. The summed E-state index contributed by atoms with van der Waals surface area (Å²) in [5.74, 6) is 1.91. The first-order chi connectivity index (χ1) is 9.02. The summed E-state index contributed by atoms with van der Waals surface area (Å²) in [5.41, 5.74) is 5.97. The van der Waals surface area contributed by atoms with Gasteiger partial charge in [-0.3, -0.25) is 0 Å². The summed E-state index contributed by atoms with van der Waals surface area (Å²) >= 11 is 0. The monoisotopic (exact) mass is 287 g/mol. The second kappa shape index (κ2) is 6.57. The normalized spacial score (nSPS) is 37.8. The second-order valence-corrected chi connectivity index (χ2v) is 9.00. The van der Waals surface area contributed by atoms with Gasteiger partial charge in [0.2, 0.25) is 0 Å². The van der Waals surface area contributed by atoms with Crippen molar-refractivity contribution >= 4 is 9.84 Å². The van der Waals surface area contributed by atoms with E-state index >= 15 is 0 Å². The Morgan fingerprint density at radius 2 is 1.74 bits per heavy atom. The molecular weight excluding hydrogens is 258 g/mol. The lowest BCUT2D eigenvalue weighted by Gasteiger charge is -2.37. The van der Waals surface area contributed by atoms with Crippen molar-refractivity contribution in [2.24, 2.45) is 23.5 Å². The average Bonchev–Trinajstić information content (AvgIpc) is 2.62. The minimum atomic E-state index is -2.86. The summed E-state index contributed by atoms with van der Waals surface area (Å²) in [6, 6.07) is 0. The third kappa shape index (κ3) is 3.94. The Kier molecular flexibility index (Phi) is 5.29. The SMILES string of the molecule is CS(=O)(=O)C1CCCC(C2CCCCCC2CN)C1. The molecule has 0 aliphatic heterocycles. The lowest BCUT2D eigenvalue weighted by Crippen LogP contribution is -2.35. The smallest absolute Gasteiger partial charge is 0.150 e. The van der Waals surface area contributed by atoms with Gasteiger partial charge in [0, 0.05) is 6.26 Å². The molecule has 0 bridgehead atoms. The van der Waals surface area contributed by atoms with E-state index in [1.807, 2.05) is 0 Å². The lowest BCUT2D eigenvalue weighted by atomic mass is 9.72. The molecule has 0 heterocycles. The third-order valence-corrected chi connectivity index (χ3v) is 7.04. The van der Waals surface area contributed by atoms with E-state index in [0.717, 1.165) is 25.8 Å². The van der Waals surface area contributed by atoms with Crippen LogP contribution in [0.25, 0.3) is 0 Å². The first-order valence-corrected chi connectivity index (χ1v) is 9.86. The highest BCUT2D eigenvalue weighted by Crippen LogP contribution is 2.41. The van der Waals surface area contributed by atoms with Gasteiger partial charge in [0.05, 0.1) is 5.25 Å². The summed E-state index contributed by atoms with van der Waals surface area (Å²) in [4.78, 5) is 0. The van der Waals surface area contributed by atoms with Crippen molar-refractivity contribution in [3.8, 4) is 0 Å². The Hall–Kier alpha value is -0.0900. The van der Waals surface area contributed by atoms with Gasteiger partial charge in [0.25, 0.3) is 0 Å². The second-order valence-electron chi connectivity index (χ2n) is 6.68. The molecule has 2 N–H and O–H groups in total. The van der Waals surface area contributed by atoms with Crippen molar-refractivity contribution in [1.82, 2.24) is 0 Å². The van der Waals surface area contributed by atoms with Crippen molar-refractivity contribution in [3.05, 3.63) is 0 Å². The Morgan fingerprint density at radius 1 is 1.00 bits per heavy atom. The zero-order valence-corrected chi connectivity index (χ0v) is 13.0. The van der Waals surface area contributed by atoms with Crippen LogP contribution in [0.2, 0.25) is 0 Å². The molecule has 0 radical (unpaired) electrons. The molecule has 19 heavy (non-hydrogen) atoms. The lowest BCUT2D eigenvalue weighted by molar-refractivity contribution is 0.172. The summed E-state index contributed by atoms with van der Waals surface area (Å²) in [7, 11) is -2.86. The van der Waals surface area contributed by atoms with Crippen molar-refractivity contribution < 1.29 is 8.42 Å². The van der Waals surface area contributed by atoms with Crippen LogP contribution in [0, 0.1) is 17.8 Å². The van der Waals surface area contributed by atoms with Crippen LogP contribution >= 0.6 is 0 Å². The Balaban J connectivity index is 2.06. The maximum atomic E-state index is 11.8. The zero-order chi connectivity index (χ0) is 13.9. The minimum Gasteiger partial charge on any atom is -0.330 e. The molecule has 112 valence electrons. The molecule has 3 nitrogen and oxygen atoms in total. The summed E-state index contributed by atoms with van der Waals surface area (Å²) in [5, 5.41) is -0.0899. The molecule has 0 amide bonds. The molecule has 4 atom stereocenters. The van der Waals surface area contributed by atoms with Gasteiger partial charge in [-0.1, -0.05) is 32.1 Å². The number of nitrogens with two attached hydrogens (primary N) is 1. The quantitative estimate of drug-likeness (QED) is 0.812. The van der Waals surface area contributed by atoms with Crippen LogP contribution in [0.15, 0.2) is 0 Å². The number of hydrogen-bond donors (Lipinski definition) is 1. The minimum absolute atomic E-state index is 0.0899. The maximum absolute atomic E-state index is 11.8. The number of sulfone groups is 1. The highest BCUT2D eigenvalue weighted by atomic mass is 32.2. The summed E-state index contributed by atoms with van der Waals surface area (Å²) in [6.07, 6.45) is 11.9. The molecule has 2 aliphatic rings. The van der Waals surface area contributed by atoms with Gasteiger partial charge < -0.3 is 5.73 Å². The summed E-state index contributed by atoms with van der Waals surface area (Å²) < 4.78 is 23.6. The molecule has 2 aliphatic carbocycles. The fourth-order valence-corrected chi connectivity index (χ4v) is 5.48. The fraction of sp³-hybridized carbons (Fsp3) is 1.00. The van der Waals surface area contributed by atoms with E-state index in [2.05, 4.69) is 0 Å². The average molecular weight is 287 g/mol. The molecular formula is C15H29NO2S. The molecule has 0 aromatic heterocycles. The molecule has 4 unspecified atom stereocenters. The van der Waals surface area contributed by atoms with Crippen LogP contribution in [0.3, 0.4) is 0 Å². The predicted octanol–water partition coefficient (Wildman–Crippen LogP) is 2.75. The van der Waals surface area contributed by atoms with Crippen molar-refractivity contribution in [2.75, 3.05) is 12.8 Å². The van der Waals surface area contributed by atoms with E-state index in [-0.39, 0.29) is 5.25 Å². The highest BCUT2D eigenvalue weighted by Gasteiger charge is 2.36. The molecule has 2 fully saturated rings. The Morgan fingerprint density at radius 3 is 2.42 bits per heavy atom. The van der Waals surface area contributed by atoms with Gasteiger partial charge in [0.1, 0.15) is 9.84 Å². The first-order valence-electron chi connectivity index (χ1n) is 7.91. The highest BCUT2D eigenvalue weighted by molar-refractivity contribution is 7.91. The number of rotatable bonds is 3. The summed E-state index contributed by atoms with van der Waals surface area (Å²) in [6.45, 7) is 0.782. The molecule has 2 rings (SSSR count). The molecule has 0 saturated heterocycles. The van der Waals surface area contributed by atoms with Crippen molar-refractivity contribution in [2.45, 2.75) is 63.0 Å². The van der Waals surface area contributed by atoms with Crippen LogP contribution < -0.4 is 5.73 Å². The van der Waals surface area contributed by atoms with Gasteiger partial charge >= 0.3 is 0 Å².